The minimum Gasteiger partial charge on any atom is -0.382 e. The molecule has 0 saturated carbocycles. The van der Waals surface area contributed by atoms with E-state index in [2.05, 4.69) is 5.32 Å². The number of carbonyl (C=O) groups is 1. The number of nitrogens with one attached hydrogen (secondary N) is 1. The largest absolute Gasteiger partial charge is 0.382 e. The van der Waals surface area contributed by atoms with Crippen LogP contribution in [0.25, 0.3) is 0 Å². The van der Waals surface area contributed by atoms with E-state index in [-0.39, 0.29) is 5.91 Å². The molecule has 0 heterocycles. The Balaban J connectivity index is 2.30. The average Bonchev–Trinajstić information content (AvgIpc) is 2.28. The van der Waals surface area contributed by atoms with Gasteiger partial charge in [0.15, 0.2) is 0 Å². The Bertz CT molecular complexity index is 342. The number of hydrogen-bond donors (Lipinski definition) is 1. The van der Waals surface area contributed by atoms with E-state index in [1.54, 1.807) is 6.07 Å². The molecule has 88 valence electrons. The first-order valence-electron chi connectivity index (χ1n) is 5.35. The number of halogens is 1. The van der Waals surface area contributed by atoms with Crippen LogP contribution in [0.3, 0.4) is 0 Å². The summed E-state index contributed by atoms with van der Waals surface area (Å²) in [5.74, 6) is -0.655. The topological polar surface area (TPSA) is 38.3 Å². The van der Waals surface area contributed by atoms with Gasteiger partial charge < -0.3 is 10.1 Å². The molecule has 1 aromatic rings. The molecule has 0 spiro atoms. The van der Waals surface area contributed by atoms with Crippen molar-refractivity contribution in [1.29, 1.82) is 0 Å². The number of hydrogen-bond acceptors (Lipinski definition) is 2. The van der Waals surface area contributed by atoms with E-state index in [9.17, 15) is 9.18 Å². The fourth-order valence-corrected chi connectivity index (χ4v) is 1.25. The Kier molecular flexibility index (Phi) is 5.50. The molecule has 0 bridgehead atoms. The Hall–Kier alpha value is -1.42. The van der Waals surface area contributed by atoms with E-state index >= 15 is 0 Å². The predicted molar refractivity (Wildman–Crippen MR) is 59.8 cm³/mol. The van der Waals surface area contributed by atoms with E-state index in [4.69, 9.17) is 4.74 Å². The number of ether oxygens (including phenoxy) is 1. The Morgan fingerprint density at radius 2 is 2.31 bits per heavy atom. The summed E-state index contributed by atoms with van der Waals surface area (Å²) in [5.41, 5.74) is 0.344. The van der Waals surface area contributed by atoms with Crippen LogP contribution in [0.15, 0.2) is 24.3 Å². The highest BCUT2D eigenvalue weighted by molar-refractivity contribution is 5.94. The number of carbonyl (C=O) groups excluding carboxylic acids is 1. The van der Waals surface area contributed by atoms with Crippen molar-refractivity contribution in [3.63, 3.8) is 0 Å². The van der Waals surface area contributed by atoms with Crippen LogP contribution in [0.1, 0.15) is 23.7 Å². The molecular weight excluding hydrogens is 209 g/mol. The first-order chi connectivity index (χ1) is 7.74. The van der Waals surface area contributed by atoms with Crippen molar-refractivity contribution >= 4 is 5.91 Å². The highest BCUT2D eigenvalue weighted by Crippen LogP contribution is 2.02. The molecule has 4 heteroatoms. The first-order valence-corrected chi connectivity index (χ1v) is 5.35. The molecule has 16 heavy (non-hydrogen) atoms. The molecule has 1 N–H and O–H groups in total. The quantitative estimate of drug-likeness (QED) is 0.752. The lowest BCUT2D eigenvalue weighted by molar-refractivity contribution is 0.0944. The van der Waals surface area contributed by atoms with Crippen molar-refractivity contribution in [2.24, 2.45) is 0 Å². The third-order valence-corrected chi connectivity index (χ3v) is 2.04. The number of benzene rings is 1. The summed E-state index contributed by atoms with van der Waals surface area (Å²) in [6, 6.07) is 5.63. The molecule has 0 saturated heterocycles. The van der Waals surface area contributed by atoms with Gasteiger partial charge in [-0.15, -0.1) is 0 Å². The zero-order chi connectivity index (χ0) is 11.8. The van der Waals surface area contributed by atoms with Gasteiger partial charge in [0.2, 0.25) is 0 Å². The van der Waals surface area contributed by atoms with E-state index in [1.807, 2.05) is 6.92 Å². The summed E-state index contributed by atoms with van der Waals surface area (Å²) in [6.45, 7) is 3.76. The summed E-state index contributed by atoms with van der Waals surface area (Å²) >= 11 is 0. The van der Waals surface area contributed by atoms with Gasteiger partial charge >= 0.3 is 0 Å². The van der Waals surface area contributed by atoms with Crippen LogP contribution in [0.5, 0.6) is 0 Å². The third kappa shape index (κ3) is 4.40. The van der Waals surface area contributed by atoms with Crippen molar-refractivity contribution in [1.82, 2.24) is 5.32 Å². The number of rotatable bonds is 6. The monoisotopic (exact) mass is 225 g/mol. The lowest BCUT2D eigenvalue weighted by Crippen LogP contribution is -2.25. The molecule has 0 atom stereocenters. The minimum absolute atomic E-state index is 0.254. The molecule has 0 radical (unpaired) electrons. The smallest absolute Gasteiger partial charge is 0.251 e. The fraction of sp³-hybridized carbons (Fsp3) is 0.417. The van der Waals surface area contributed by atoms with Crippen LogP contribution < -0.4 is 5.32 Å². The van der Waals surface area contributed by atoms with Crippen molar-refractivity contribution in [2.45, 2.75) is 13.3 Å². The first kappa shape index (κ1) is 12.6. The van der Waals surface area contributed by atoms with Gasteiger partial charge in [0, 0.05) is 25.3 Å². The van der Waals surface area contributed by atoms with Crippen LogP contribution in [0.4, 0.5) is 4.39 Å². The van der Waals surface area contributed by atoms with Crippen molar-refractivity contribution in [3.05, 3.63) is 35.6 Å². The summed E-state index contributed by atoms with van der Waals surface area (Å²) in [7, 11) is 0. The van der Waals surface area contributed by atoms with E-state index in [1.165, 1.54) is 18.2 Å². The third-order valence-electron chi connectivity index (χ3n) is 2.04. The molecule has 0 unspecified atom stereocenters. The molecule has 3 nitrogen and oxygen atoms in total. The Morgan fingerprint density at radius 3 is 3.00 bits per heavy atom. The Labute approximate surface area is 94.6 Å². The molecule has 1 amide bonds. The van der Waals surface area contributed by atoms with Gasteiger partial charge in [0.25, 0.3) is 5.91 Å². The van der Waals surface area contributed by atoms with E-state index < -0.39 is 5.82 Å². The van der Waals surface area contributed by atoms with Crippen molar-refractivity contribution in [3.8, 4) is 0 Å². The second kappa shape index (κ2) is 6.95. The van der Waals surface area contributed by atoms with Gasteiger partial charge in [-0.1, -0.05) is 6.07 Å². The molecule has 0 fully saturated rings. The maximum absolute atomic E-state index is 12.8. The Morgan fingerprint density at radius 1 is 1.50 bits per heavy atom. The normalized spacial score (nSPS) is 10.1. The van der Waals surface area contributed by atoms with Crippen molar-refractivity contribution < 1.29 is 13.9 Å². The molecular formula is C12H16FNO2. The van der Waals surface area contributed by atoms with E-state index in [0.717, 1.165) is 6.42 Å². The second-order valence-corrected chi connectivity index (χ2v) is 3.32. The maximum Gasteiger partial charge on any atom is 0.251 e. The standard InChI is InChI=1S/C12H16FNO2/c1-2-16-8-4-7-14-12(15)10-5-3-6-11(13)9-10/h3,5-6,9H,2,4,7-8H2,1H3,(H,14,15). The molecule has 0 aliphatic heterocycles. The fourth-order valence-electron chi connectivity index (χ4n) is 1.25. The van der Waals surface area contributed by atoms with Crippen LogP contribution in [-0.4, -0.2) is 25.7 Å². The zero-order valence-corrected chi connectivity index (χ0v) is 9.33. The minimum atomic E-state index is -0.401. The summed E-state index contributed by atoms with van der Waals surface area (Å²) in [5, 5.41) is 2.70. The van der Waals surface area contributed by atoms with Crippen LogP contribution >= 0.6 is 0 Å². The molecule has 0 aliphatic carbocycles. The average molecular weight is 225 g/mol. The highest BCUT2D eigenvalue weighted by Gasteiger charge is 2.04. The van der Waals surface area contributed by atoms with Gasteiger partial charge in [0.1, 0.15) is 5.82 Å². The van der Waals surface area contributed by atoms with E-state index in [0.29, 0.717) is 25.3 Å². The molecule has 0 aliphatic rings. The highest BCUT2D eigenvalue weighted by atomic mass is 19.1. The predicted octanol–water partition coefficient (Wildman–Crippen LogP) is 1.98. The van der Waals surface area contributed by atoms with Gasteiger partial charge in [-0.2, -0.15) is 0 Å². The summed E-state index contributed by atoms with van der Waals surface area (Å²) < 4.78 is 17.9. The molecule has 1 rings (SSSR count). The zero-order valence-electron chi connectivity index (χ0n) is 9.33. The van der Waals surface area contributed by atoms with Gasteiger partial charge in [-0.3, -0.25) is 4.79 Å². The second-order valence-electron chi connectivity index (χ2n) is 3.32. The number of amides is 1. The van der Waals surface area contributed by atoms with Crippen LogP contribution in [0.2, 0.25) is 0 Å². The van der Waals surface area contributed by atoms with Gasteiger partial charge in [-0.05, 0) is 31.5 Å². The lowest BCUT2D eigenvalue weighted by atomic mass is 10.2. The van der Waals surface area contributed by atoms with Gasteiger partial charge in [0.05, 0.1) is 0 Å². The van der Waals surface area contributed by atoms with Gasteiger partial charge in [-0.25, -0.2) is 4.39 Å². The maximum atomic E-state index is 12.8. The summed E-state index contributed by atoms with van der Waals surface area (Å²) in [6.07, 6.45) is 0.759. The van der Waals surface area contributed by atoms with Crippen LogP contribution in [-0.2, 0) is 4.74 Å². The van der Waals surface area contributed by atoms with Crippen LogP contribution in [0, 0.1) is 5.82 Å². The van der Waals surface area contributed by atoms with Crippen molar-refractivity contribution in [2.75, 3.05) is 19.8 Å². The molecule has 0 aromatic heterocycles. The SMILES string of the molecule is CCOCCCNC(=O)c1cccc(F)c1. The summed E-state index contributed by atoms with van der Waals surface area (Å²) in [4.78, 5) is 11.5. The lowest BCUT2D eigenvalue weighted by Gasteiger charge is -2.05. The molecule has 1 aromatic carbocycles.